The number of carbonyl (C=O) groups is 1. The van der Waals surface area contributed by atoms with Gasteiger partial charge in [-0.15, -0.1) is 5.10 Å². The van der Waals surface area contributed by atoms with Crippen LogP contribution in [-0.2, 0) is 4.74 Å². The normalized spacial score (nSPS) is 22.7. The molecule has 0 aromatic carbocycles. The van der Waals surface area contributed by atoms with Crippen LogP contribution in [0.15, 0.2) is 12.3 Å². The fraction of sp³-hybridized carbons (Fsp3) is 0.733. The second-order valence-electron chi connectivity index (χ2n) is 7.60. The van der Waals surface area contributed by atoms with E-state index in [4.69, 9.17) is 9.47 Å². The molecular weight excluding hydrogens is 287 g/mol. The smallest absolute Gasteiger partial charge is 0.435 e. The first-order valence-electron chi connectivity index (χ1n) is 7.21. The molecule has 0 aliphatic carbocycles. The number of hydrogen-bond acceptors (Lipinski definition) is 4. The SMILES string of the molecule is CC(C)(C)OC(=O)n1ccc(OCC2C(C)(C)[P+]2(C)C)n1. The third-order valence-corrected chi connectivity index (χ3v) is 9.90. The molecule has 1 saturated heterocycles. The van der Waals surface area contributed by atoms with Crippen LogP contribution in [0, 0.1) is 0 Å². The zero-order valence-electron chi connectivity index (χ0n) is 14.0. The first-order chi connectivity index (χ1) is 9.45. The van der Waals surface area contributed by atoms with Crippen molar-refractivity contribution in [3.63, 3.8) is 0 Å². The topological polar surface area (TPSA) is 53.4 Å². The average Bonchev–Trinajstić information content (AvgIpc) is 2.69. The van der Waals surface area contributed by atoms with E-state index in [9.17, 15) is 4.79 Å². The second-order valence-corrected chi connectivity index (χ2v) is 12.5. The lowest BCUT2D eigenvalue weighted by molar-refractivity contribution is 0.0511. The van der Waals surface area contributed by atoms with Gasteiger partial charge in [0.15, 0.2) is 0 Å². The van der Waals surface area contributed by atoms with Crippen molar-refractivity contribution in [2.75, 3.05) is 19.9 Å². The van der Waals surface area contributed by atoms with Crippen LogP contribution in [0.3, 0.4) is 0 Å². The van der Waals surface area contributed by atoms with Crippen LogP contribution in [0.1, 0.15) is 34.6 Å². The van der Waals surface area contributed by atoms with E-state index in [2.05, 4.69) is 32.3 Å². The maximum absolute atomic E-state index is 11.9. The summed E-state index contributed by atoms with van der Waals surface area (Å²) in [4.78, 5) is 11.9. The van der Waals surface area contributed by atoms with E-state index in [1.165, 1.54) is 4.68 Å². The summed E-state index contributed by atoms with van der Waals surface area (Å²) in [6.07, 6.45) is 1.08. The first-order valence-corrected chi connectivity index (χ1v) is 9.96. The van der Waals surface area contributed by atoms with E-state index >= 15 is 0 Å². The Morgan fingerprint density at radius 1 is 1.43 bits per heavy atom. The van der Waals surface area contributed by atoms with Crippen molar-refractivity contribution in [3.05, 3.63) is 12.3 Å². The van der Waals surface area contributed by atoms with Crippen molar-refractivity contribution in [3.8, 4) is 5.88 Å². The number of hydrogen-bond donors (Lipinski definition) is 0. The Kier molecular flexibility index (Phi) is 3.86. The van der Waals surface area contributed by atoms with Gasteiger partial charge in [-0.05, 0) is 34.6 Å². The lowest BCUT2D eigenvalue weighted by Gasteiger charge is -2.18. The monoisotopic (exact) mass is 313 g/mol. The molecule has 1 aromatic rings. The maximum Gasteiger partial charge on any atom is 0.435 e. The molecule has 2 heterocycles. The molecule has 1 aromatic heterocycles. The Bertz CT molecular complexity index is 529. The predicted octanol–water partition coefficient (Wildman–Crippen LogP) is 3.48. The Labute approximate surface area is 127 Å². The summed E-state index contributed by atoms with van der Waals surface area (Å²) in [6.45, 7) is 15.5. The largest absolute Gasteiger partial charge is 0.472 e. The van der Waals surface area contributed by atoms with E-state index < -0.39 is 19.0 Å². The lowest BCUT2D eigenvalue weighted by atomic mass is 10.1. The van der Waals surface area contributed by atoms with Crippen LogP contribution in [0.2, 0.25) is 0 Å². The number of ether oxygens (including phenoxy) is 2. The van der Waals surface area contributed by atoms with Crippen molar-refractivity contribution in [1.82, 2.24) is 9.78 Å². The zero-order chi connectivity index (χ0) is 16.1. The van der Waals surface area contributed by atoms with Crippen LogP contribution in [-0.4, -0.2) is 52.2 Å². The molecule has 21 heavy (non-hydrogen) atoms. The highest BCUT2D eigenvalue weighted by molar-refractivity contribution is 7.84. The molecular formula is C15H26N2O3P+. The molecule has 0 spiro atoms. The fourth-order valence-electron chi connectivity index (χ4n) is 2.53. The van der Waals surface area contributed by atoms with Crippen molar-refractivity contribution >= 4 is 13.4 Å². The van der Waals surface area contributed by atoms with Crippen LogP contribution in [0.4, 0.5) is 4.79 Å². The van der Waals surface area contributed by atoms with Gasteiger partial charge < -0.3 is 9.47 Å². The van der Waals surface area contributed by atoms with Gasteiger partial charge in [0.1, 0.15) is 23.0 Å². The molecule has 5 nitrogen and oxygen atoms in total. The van der Waals surface area contributed by atoms with Crippen molar-refractivity contribution in [2.24, 2.45) is 0 Å². The molecule has 0 saturated carbocycles. The Morgan fingerprint density at radius 3 is 2.48 bits per heavy atom. The maximum atomic E-state index is 11.9. The van der Waals surface area contributed by atoms with Crippen molar-refractivity contribution in [1.29, 1.82) is 0 Å². The molecule has 1 aliphatic heterocycles. The molecule has 0 N–H and O–H groups in total. The quantitative estimate of drug-likeness (QED) is 0.802. The van der Waals surface area contributed by atoms with Crippen molar-refractivity contribution in [2.45, 2.75) is 51.0 Å². The summed E-state index contributed by atoms with van der Waals surface area (Å²) in [5.41, 5.74) is 0.0769. The second kappa shape index (κ2) is 4.98. The molecule has 2 rings (SSSR count). The molecule has 0 amide bonds. The predicted molar refractivity (Wildman–Crippen MR) is 86.0 cm³/mol. The third-order valence-electron chi connectivity index (χ3n) is 4.55. The van der Waals surface area contributed by atoms with Gasteiger partial charge in [-0.1, -0.05) is 0 Å². The van der Waals surface area contributed by atoms with Gasteiger partial charge in [-0.2, -0.15) is 4.68 Å². The highest BCUT2D eigenvalue weighted by Gasteiger charge is 2.74. The first kappa shape index (κ1) is 16.3. The Hall–Kier alpha value is -1.09. The van der Waals surface area contributed by atoms with E-state index in [0.29, 0.717) is 23.3 Å². The molecule has 1 unspecified atom stereocenters. The standard InChI is InChI=1S/C15H26N2O3P/c1-14(2,3)20-13(18)17-9-8-12(16-17)19-10-11-15(4,5)21(11,6)7/h8-9,11H,10H2,1-7H3/q+1. The molecule has 0 bridgehead atoms. The Balaban J connectivity index is 1.91. The third kappa shape index (κ3) is 3.23. The Morgan fingerprint density at radius 2 is 2.00 bits per heavy atom. The summed E-state index contributed by atoms with van der Waals surface area (Å²) < 4.78 is 12.2. The zero-order valence-corrected chi connectivity index (χ0v) is 14.9. The molecule has 1 aliphatic rings. The summed E-state index contributed by atoms with van der Waals surface area (Å²) in [5.74, 6) is 0.476. The minimum Gasteiger partial charge on any atom is -0.472 e. The molecule has 1 fully saturated rings. The van der Waals surface area contributed by atoms with Gasteiger partial charge >= 0.3 is 6.09 Å². The number of carbonyl (C=O) groups excluding carboxylic acids is 1. The van der Waals surface area contributed by atoms with E-state index in [0.717, 1.165) is 0 Å². The van der Waals surface area contributed by atoms with Crippen LogP contribution >= 0.6 is 7.26 Å². The molecule has 0 radical (unpaired) electrons. The fourth-order valence-corrected chi connectivity index (χ4v) is 6.10. The van der Waals surface area contributed by atoms with Gasteiger partial charge in [-0.3, -0.25) is 0 Å². The van der Waals surface area contributed by atoms with Gasteiger partial charge in [-0.25, -0.2) is 4.79 Å². The van der Waals surface area contributed by atoms with Crippen LogP contribution < -0.4 is 4.74 Å². The van der Waals surface area contributed by atoms with Gasteiger partial charge in [0.2, 0.25) is 5.88 Å². The number of aromatic nitrogens is 2. The number of rotatable bonds is 3. The minimum atomic E-state index is -0.880. The highest BCUT2D eigenvalue weighted by atomic mass is 31.2. The lowest BCUT2D eigenvalue weighted by Crippen LogP contribution is -2.27. The summed E-state index contributed by atoms with van der Waals surface area (Å²) in [7, 11) is -0.880. The summed E-state index contributed by atoms with van der Waals surface area (Å²) in [5, 5.41) is 4.51. The van der Waals surface area contributed by atoms with E-state index in [1.54, 1.807) is 12.3 Å². The van der Waals surface area contributed by atoms with Gasteiger partial charge in [0, 0.05) is 32.9 Å². The summed E-state index contributed by atoms with van der Waals surface area (Å²) in [6, 6.07) is 1.70. The summed E-state index contributed by atoms with van der Waals surface area (Å²) >= 11 is 0. The number of nitrogens with zero attached hydrogens (tertiary/aromatic N) is 2. The highest BCUT2D eigenvalue weighted by Crippen LogP contribution is 2.86. The van der Waals surface area contributed by atoms with E-state index in [1.807, 2.05) is 20.8 Å². The average molecular weight is 313 g/mol. The van der Waals surface area contributed by atoms with Crippen LogP contribution in [0.25, 0.3) is 0 Å². The van der Waals surface area contributed by atoms with Crippen LogP contribution in [0.5, 0.6) is 5.88 Å². The van der Waals surface area contributed by atoms with Crippen molar-refractivity contribution < 1.29 is 14.3 Å². The molecule has 1 atom stereocenters. The minimum absolute atomic E-state index is 0.390. The van der Waals surface area contributed by atoms with E-state index in [-0.39, 0.29) is 0 Å². The molecule has 6 heteroatoms. The van der Waals surface area contributed by atoms with Gasteiger partial charge in [0.05, 0.1) is 0 Å². The van der Waals surface area contributed by atoms with Gasteiger partial charge in [0.25, 0.3) is 0 Å². The molecule has 118 valence electrons.